The molecule has 149 heavy (non-hydrogen) atoms. The molecular weight excluding hydrogens is 1870 g/mol. The van der Waals surface area contributed by atoms with Gasteiger partial charge >= 0.3 is 35.6 Å². The molecular formula is C119H170B5N5O20. The van der Waals surface area contributed by atoms with E-state index in [9.17, 15) is 59.8 Å². The van der Waals surface area contributed by atoms with Crippen LogP contribution in [0.4, 0.5) is 28.4 Å². The summed E-state index contributed by atoms with van der Waals surface area (Å²) in [5, 5.41) is 110. The molecule has 10 aliphatic carbocycles. The van der Waals surface area contributed by atoms with Crippen molar-refractivity contribution in [2.75, 3.05) is 60.5 Å². The fourth-order valence-electron chi connectivity index (χ4n) is 33.8. The van der Waals surface area contributed by atoms with Crippen LogP contribution in [0.15, 0.2) is 52.4 Å². The number of ether oxygens (including phenoxy) is 3. The number of rotatable bonds is 11. The summed E-state index contributed by atoms with van der Waals surface area (Å²) >= 11 is 0. The van der Waals surface area contributed by atoms with Crippen molar-refractivity contribution in [1.29, 1.82) is 0 Å². The number of nitrogens with zero attached hydrogens (tertiary/aromatic N) is 1. The van der Waals surface area contributed by atoms with Crippen LogP contribution in [0.3, 0.4) is 0 Å². The fraction of sp³-hybridized carbons (Fsp3) is 0.647. The predicted molar refractivity (Wildman–Crippen MR) is 601 cm³/mol. The molecule has 2 aliphatic heterocycles. The topological polar surface area (TPSA) is 423 Å². The number of morpholine rings is 1. The van der Waals surface area contributed by atoms with Gasteiger partial charge in [-0.2, -0.15) is 0 Å². The van der Waals surface area contributed by atoms with E-state index in [1.165, 1.54) is 132 Å². The first kappa shape index (κ1) is 110. The highest BCUT2D eigenvalue weighted by molar-refractivity contribution is 6.66. The van der Waals surface area contributed by atoms with Crippen molar-refractivity contribution < 1.29 is 96.1 Å². The second-order valence-corrected chi connectivity index (χ2v) is 52.6. The number of Topliss-reactive ketones (excluding diaryl/α,β-unsaturated/α-hetero) is 1. The van der Waals surface area contributed by atoms with Gasteiger partial charge in [0.15, 0.2) is 11.5 Å². The van der Waals surface area contributed by atoms with Gasteiger partial charge < -0.3 is 114 Å². The third kappa shape index (κ3) is 18.6. The SMILES string of the molecule is CC(=O)Cc1cc2c3c(oc2c(B(O)O)c1NC(C)=O)C(C)CC[C@@H]1C(C)(C)CCC[C@@]31C.CC1CC[C@@H]2C(C)(C)CCC[C@@]2(C)c2c1oc1c(B(O)O)c(N)c(N)cc21.CC1CC[C@@H]2C(C)(C)CCC[C@@]2(C)c2c1oc1c(B(O)O)c(N)c(N3CCOCC3)cc21.CC1CC[C@@H]2C(C)(C)CCC[C@@]2(C)c2c1oc1c(B(O)O)c3c(cc21)OCO3.CCc1cc2c3c(oc2c(B(O)O)c1CC)C(C)CC[C@@H]1C(C)(C)CCC[C@@]31C. The molecule has 806 valence electrons. The maximum absolute atomic E-state index is 12.1. The molecule has 7 heterocycles. The highest BCUT2D eigenvalue weighted by Crippen LogP contribution is 2.67. The largest absolute Gasteiger partial charge is 0.496 e. The molecule has 22 rings (SSSR count). The van der Waals surface area contributed by atoms with E-state index in [-0.39, 0.29) is 114 Å². The van der Waals surface area contributed by atoms with Gasteiger partial charge in [0.25, 0.3) is 0 Å². The minimum atomic E-state index is -1.85. The van der Waals surface area contributed by atoms with E-state index in [0.717, 1.165) is 175 Å². The number of aryl methyl sites for hydroxylation is 1. The number of nitrogens with one attached hydrogen (secondary N) is 1. The number of fused-ring (bicyclic) bond motifs is 26. The summed E-state index contributed by atoms with van der Waals surface area (Å²) in [5.74, 6) is 9.70. The van der Waals surface area contributed by atoms with Crippen LogP contribution in [0, 0.1) is 56.7 Å². The van der Waals surface area contributed by atoms with Crippen LogP contribution in [0.2, 0.25) is 0 Å². The van der Waals surface area contributed by atoms with Crippen molar-refractivity contribution >= 4 is 158 Å². The second kappa shape index (κ2) is 40.4. The maximum Gasteiger partial charge on any atom is 0.496 e. The van der Waals surface area contributed by atoms with Crippen molar-refractivity contribution in [3.8, 4) is 11.5 Å². The number of anilines is 5. The lowest BCUT2D eigenvalue weighted by atomic mass is 9.53. The summed E-state index contributed by atoms with van der Waals surface area (Å²) in [6.07, 6.45) is 30.8. The lowest BCUT2D eigenvalue weighted by molar-refractivity contribution is -0.116. The summed E-state index contributed by atoms with van der Waals surface area (Å²) in [4.78, 5) is 26.3. The van der Waals surface area contributed by atoms with Crippen LogP contribution < -0.4 is 64.2 Å². The van der Waals surface area contributed by atoms with Crippen molar-refractivity contribution in [3.63, 3.8) is 0 Å². The monoisotopic (exact) mass is 2040 g/mol. The Hall–Kier alpha value is -8.38. The number of nitrogens with two attached hydrogens (primary N) is 3. The maximum atomic E-state index is 12.1. The van der Waals surface area contributed by atoms with Crippen molar-refractivity contribution in [2.24, 2.45) is 56.7 Å². The molecule has 5 saturated carbocycles. The highest BCUT2D eigenvalue weighted by atomic mass is 16.7. The average Bonchev–Trinajstić information content (AvgIpc) is 1.57. The Labute approximate surface area is 883 Å². The lowest BCUT2D eigenvalue weighted by Gasteiger charge is -2.50. The summed E-state index contributed by atoms with van der Waals surface area (Å²) in [6, 6.07) is 10.3. The standard InChI is InChI=1S/C26H36BNO5.C25H37BN2O4.C25H37BO3.C22H29BO5.C21H31BN2O3/c1-14-8-9-19-25(4,5)10-7-11-26(19,6)20-18-13-17(12-15(2)29)22(28-16(3)30)21(27(31)32)24(18)33-23(14)20;1-15-6-7-18-24(2,3)8-5-9-25(18,4)19-16-14-17(28-10-12-31-13-11-28)21(27)20(26(29)30)23(16)32-22(15)19;1-7-16-14-18-20-22(29-23(18)21(26(27)28)17(16)8-2)15(3)10-11-19-24(4,5)12-9-13-25(19,20)6;1-12-6-7-15-21(2,3)8-5-9-22(15,4)16-13-10-14-20(27-11-26-14)17(23(24)25)19(13)28-18(12)16;1-11-6-7-14-20(2,3)8-5-9-21(14,4)15-12-10-13(23)17(24)16(22(25)26)19(12)27-18(11)15/h13-14,19,31-32H,7-12H2,1-6H3,(H,28,30);14-15,18,29-30H,5-13,27H2,1-4H3;14-15,19,27-28H,7-13H2,1-6H3;10,12,15,24-25H,5-9,11H2,1-4H3;10-11,14,25-26H,5-9,23-24H2,1-4H3/t14?,19-,26-;15?,18-,25-;15?,19-,25-;12?,15-,22-;11?,14-,21-/m11111/s1. The molecule has 6 fully saturated rings. The molecule has 0 radical (unpaired) electrons. The summed E-state index contributed by atoms with van der Waals surface area (Å²) in [7, 11) is -8.42. The van der Waals surface area contributed by atoms with E-state index in [2.05, 4.69) is 175 Å². The molecule has 5 unspecified atom stereocenters. The van der Waals surface area contributed by atoms with E-state index in [1.54, 1.807) is 0 Å². The number of carbonyl (C=O) groups is 2. The number of ketones is 1. The average molecular weight is 2040 g/mol. The Morgan fingerprint density at radius 3 is 1.01 bits per heavy atom. The molecule has 5 aromatic heterocycles. The number of amides is 1. The molecule has 25 nitrogen and oxygen atoms in total. The van der Waals surface area contributed by atoms with Gasteiger partial charge in [0, 0.05) is 127 Å². The molecule has 0 bridgehead atoms. The van der Waals surface area contributed by atoms with Crippen molar-refractivity contribution in [3.05, 3.63) is 104 Å². The number of benzene rings is 5. The molecule has 1 amide bonds. The number of nitrogen functional groups attached to an aromatic ring is 3. The fourth-order valence-corrected chi connectivity index (χ4v) is 33.8. The van der Waals surface area contributed by atoms with E-state index in [0.29, 0.717) is 127 Å². The summed E-state index contributed by atoms with van der Waals surface area (Å²) in [6.45, 7) is 57.1. The first-order valence-electron chi connectivity index (χ1n) is 56.6. The second-order valence-electron chi connectivity index (χ2n) is 52.6. The van der Waals surface area contributed by atoms with Crippen LogP contribution in [0.25, 0.3) is 54.8 Å². The molecule has 12 aliphatic rings. The molecule has 30 heteroatoms. The predicted octanol–water partition coefficient (Wildman–Crippen LogP) is 20.0. The van der Waals surface area contributed by atoms with Crippen LogP contribution in [0.5, 0.6) is 11.5 Å². The molecule has 17 N–H and O–H groups in total. The molecule has 15 atom stereocenters. The van der Waals surface area contributed by atoms with E-state index >= 15 is 0 Å². The van der Waals surface area contributed by atoms with Gasteiger partial charge in [0.1, 0.15) is 62.5 Å². The Morgan fingerprint density at radius 1 is 0.376 bits per heavy atom. The minimum Gasteiger partial charge on any atom is -0.461 e. The summed E-state index contributed by atoms with van der Waals surface area (Å²) < 4.78 is 49.1. The van der Waals surface area contributed by atoms with Gasteiger partial charge in [-0.3, -0.25) is 9.59 Å². The Balaban J connectivity index is 0.000000122. The normalized spacial score (nSPS) is 29.0. The first-order chi connectivity index (χ1) is 70.0. The molecule has 1 saturated heterocycles. The van der Waals surface area contributed by atoms with Gasteiger partial charge in [-0.25, -0.2) is 0 Å². The van der Waals surface area contributed by atoms with Gasteiger partial charge in [0.05, 0.1) is 52.4 Å². The number of hydrogen-bond acceptors (Lipinski definition) is 24. The molecule has 10 aromatic rings. The number of hydrogen-bond donors (Lipinski definition) is 14. The quantitative estimate of drug-likeness (QED) is 0.0422. The van der Waals surface area contributed by atoms with Crippen LogP contribution in [-0.4, -0.2) is 131 Å². The Morgan fingerprint density at radius 2 is 0.685 bits per heavy atom. The zero-order valence-corrected chi connectivity index (χ0v) is 93.6. The van der Waals surface area contributed by atoms with E-state index in [1.807, 2.05) is 18.2 Å². The number of furan rings is 5. The smallest absolute Gasteiger partial charge is 0.461 e. The van der Waals surface area contributed by atoms with E-state index < -0.39 is 35.6 Å². The molecule has 5 aromatic carbocycles. The minimum absolute atomic E-state index is 0.00152. The molecule has 0 spiro atoms. The van der Waals surface area contributed by atoms with Gasteiger partial charge in [-0.05, 0) is 279 Å². The Kier molecular flexibility index (Phi) is 29.9. The van der Waals surface area contributed by atoms with Gasteiger partial charge in [0.2, 0.25) is 12.7 Å². The van der Waals surface area contributed by atoms with Crippen molar-refractivity contribution in [2.45, 2.75) is 403 Å². The third-order valence-electron chi connectivity index (χ3n) is 40.7. The third-order valence-corrected chi connectivity index (χ3v) is 40.7. The lowest BCUT2D eigenvalue weighted by Crippen LogP contribution is -2.44. The number of carbonyl (C=O) groups excluding carboxylic acids is 2. The highest BCUT2D eigenvalue weighted by Gasteiger charge is 2.59. The van der Waals surface area contributed by atoms with Gasteiger partial charge in [-0.1, -0.05) is 184 Å². The van der Waals surface area contributed by atoms with Gasteiger partial charge in [-0.15, -0.1) is 0 Å². The first-order valence-corrected chi connectivity index (χ1v) is 56.6. The summed E-state index contributed by atoms with van der Waals surface area (Å²) in [5.41, 5.74) is 35.5. The van der Waals surface area contributed by atoms with E-state index in [4.69, 9.17) is 53.5 Å². The Bertz CT molecular complexity index is 6770. The van der Waals surface area contributed by atoms with Crippen LogP contribution in [0.1, 0.15) is 430 Å². The zero-order chi connectivity index (χ0) is 108. The van der Waals surface area contributed by atoms with Crippen molar-refractivity contribution in [1.82, 2.24) is 0 Å². The van der Waals surface area contributed by atoms with Crippen LogP contribution >= 0.6 is 0 Å². The zero-order valence-electron chi connectivity index (χ0n) is 93.6. The van der Waals surface area contributed by atoms with Crippen LogP contribution in [-0.2, 0) is 60.7 Å².